The van der Waals surface area contributed by atoms with Crippen LogP contribution in [0.3, 0.4) is 0 Å². The number of nitrogens with zero attached hydrogens (tertiary/aromatic N) is 1. The van der Waals surface area contributed by atoms with Gasteiger partial charge in [0.25, 0.3) is 0 Å². The number of amides is 2. The minimum atomic E-state index is -0.537. The molecule has 2 rings (SSSR count). The van der Waals surface area contributed by atoms with Crippen LogP contribution in [-0.2, 0) is 9.59 Å². The molecule has 0 radical (unpaired) electrons. The molecule has 1 aromatic rings. The van der Waals surface area contributed by atoms with E-state index in [0.717, 1.165) is 19.3 Å². The summed E-state index contributed by atoms with van der Waals surface area (Å²) in [6, 6.07) is 1.11. The highest BCUT2D eigenvalue weighted by Crippen LogP contribution is 2.29. The predicted molar refractivity (Wildman–Crippen MR) is 74.0 cm³/mol. The Labute approximate surface area is 118 Å². The van der Waals surface area contributed by atoms with E-state index in [1.54, 1.807) is 13.0 Å². The fourth-order valence-corrected chi connectivity index (χ4v) is 1.95. The van der Waals surface area contributed by atoms with Crippen LogP contribution in [0.5, 0.6) is 0 Å². The number of aromatic nitrogens is 1. The van der Waals surface area contributed by atoms with Gasteiger partial charge in [-0.1, -0.05) is 25.4 Å². The maximum Gasteiger partial charge on any atom is 0.248 e. The van der Waals surface area contributed by atoms with Gasteiger partial charge in [0.05, 0.1) is 0 Å². The van der Waals surface area contributed by atoms with E-state index >= 15 is 0 Å². The first-order valence-electron chi connectivity index (χ1n) is 7.05. The zero-order valence-electron chi connectivity index (χ0n) is 12.1. The van der Waals surface area contributed by atoms with Crippen LogP contribution in [-0.4, -0.2) is 23.0 Å². The fourth-order valence-electron chi connectivity index (χ4n) is 1.95. The molecule has 2 amide bonds. The minimum Gasteiger partial charge on any atom is -0.360 e. The number of hydrogen-bond donors (Lipinski definition) is 2. The Morgan fingerprint density at radius 1 is 1.50 bits per heavy atom. The quantitative estimate of drug-likeness (QED) is 0.832. The van der Waals surface area contributed by atoms with Gasteiger partial charge in [0.15, 0.2) is 5.82 Å². The van der Waals surface area contributed by atoms with E-state index in [1.165, 1.54) is 0 Å². The maximum absolute atomic E-state index is 12.3. The topological polar surface area (TPSA) is 84.2 Å². The van der Waals surface area contributed by atoms with Crippen LogP contribution in [0.4, 0.5) is 5.82 Å². The van der Waals surface area contributed by atoms with Crippen molar-refractivity contribution in [3.8, 4) is 0 Å². The van der Waals surface area contributed by atoms with Crippen molar-refractivity contribution in [3.63, 3.8) is 0 Å². The van der Waals surface area contributed by atoms with Crippen LogP contribution < -0.4 is 10.6 Å². The Bertz CT molecular complexity index is 494. The molecule has 110 valence electrons. The molecule has 1 aromatic heterocycles. The molecule has 0 aromatic carbocycles. The van der Waals surface area contributed by atoms with Gasteiger partial charge in [0, 0.05) is 12.0 Å². The van der Waals surface area contributed by atoms with Gasteiger partial charge in [-0.3, -0.25) is 9.59 Å². The Hall–Kier alpha value is -1.85. The summed E-state index contributed by atoms with van der Waals surface area (Å²) in [6.07, 6.45) is 2.65. The van der Waals surface area contributed by atoms with E-state index in [9.17, 15) is 9.59 Å². The van der Waals surface area contributed by atoms with E-state index in [-0.39, 0.29) is 23.7 Å². The summed E-state index contributed by atoms with van der Waals surface area (Å²) in [5.41, 5.74) is 0. The van der Waals surface area contributed by atoms with Crippen molar-refractivity contribution in [2.75, 3.05) is 5.32 Å². The molecule has 0 bridgehead atoms. The number of anilines is 1. The van der Waals surface area contributed by atoms with Gasteiger partial charge in [-0.15, -0.1) is 0 Å². The molecule has 1 saturated carbocycles. The number of rotatable bonds is 6. The largest absolute Gasteiger partial charge is 0.360 e. The lowest BCUT2D eigenvalue weighted by atomic mass is 9.98. The second-order valence-corrected chi connectivity index (χ2v) is 5.46. The van der Waals surface area contributed by atoms with Crippen molar-refractivity contribution in [3.05, 3.63) is 11.8 Å². The lowest BCUT2D eigenvalue weighted by Gasteiger charge is -2.23. The molecule has 0 spiro atoms. The standard InChI is InChI=1S/C14H21N3O3/c1-4-8(2)12(16-13(18)10-5-6-10)14(19)15-11-7-9(3)20-17-11/h7-8,10,12H,4-6H2,1-3H3,(H,16,18)(H,15,17,19)/t8?,12-/m0/s1. The van der Waals surface area contributed by atoms with Gasteiger partial charge in [-0.05, 0) is 25.7 Å². The number of nitrogens with one attached hydrogen (secondary N) is 2. The second kappa shape index (κ2) is 6.07. The average molecular weight is 279 g/mol. The van der Waals surface area contributed by atoms with Crippen molar-refractivity contribution >= 4 is 17.6 Å². The monoisotopic (exact) mass is 279 g/mol. The smallest absolute Gasteiger partial charge is 0.248 e. The SMILES string of the molecule is CCC(C)[C@H](NC(=O)C1CC1)C(=O)Nc1cc(C)on1. The Balaban J connectivity index is 2.00. The number of carbonyl (C=O) groups is 2. The molecule has 1 unspecified atom stereocenters. The zero-order chi connectivity index (χ0) is 14.7. The third kappa shape index (κ3) is 3.59. The molecule has 1 aliphatic rings. The lowest BCUT2D eigenvalue weighted by Crippen LogP contribution is -2.48. The van der Waals surface area contributed by atoms with Gasteiger partial charge >= 0.3 is 0 Å². The third-order valence-electron chi connectivity index (χ3n) is 3.62. The summed E-state index contributed by atoms with van der Waals surface area (Å²) < 4.78 is 4.91. The summed E-state index contributed by atoms with van der Waals surface area (Å²) in [4.78, 5) is 24.2. The van der Waals surface area contributed by atoms with Crippen molar-refractivity contribution in [1.82, 2.24) is 10.5 Å². The number of hydrogen-bond acceptors (Lipinski definition) is 4. The molecule has 0 saturated heterocycles. The first-order valence-corrected chi connectivity index (χ1v) is 7.05. The van der Waals surface area contributed by atoms with E-state index in [0.29, 0.717) is 11.6 Å². The summed E-state index contributed by atoms with van der Waals surface area (Å²) in [7, 11) is 0. The van der Waals surface area contributed by atoms with Gasteiger partial charge < -0.3 is 15.2 Å². The van der Waals surface area contributed by atoms with Crippen LogP contribution in [0.2, 0.25) is 0 Å². The highest BCUT2D eigenvalue weighted by molar-refractivity contribution is 5.97. The van der Waals surface area contributed by atoms with E-state index in [2.05, 4.69) is 15.8 Å². The van der Waals surface area contributed by atoms with Gasteiger partial charge in [-0.2, -0.15) is 0 Å². The molecule has 6 heteroatoms. The van der Waals surface area contributed by atoms with Crippen molar-refractivity contribution in [2.24, 2.45) is 11.8 Å². The molecule has 0 aliphatic heterocycles. The molecule has 6 nitrogen and oxygen atoms in total. The van der Waals surface area contributed by atoms with E-state index < -0.39 is 6.04 Å². The van der Waals surface area contributed by atoms with Crippen LogP contribution >= 0.6 is 0 Å². The summed E-state index contributed by atoms with van der Waals surface area (Å²) in [5, 5.41) is 9.26. The number of carbonyl (C=O) groups excluding carboxylic acids is 2. The molecule has 1 heterocycles. The molecule has 1 fully saturated rings. The molecule has 1 aliphatic carbocycles. The lowest BCUT2D eigenvalue weighted by molar-refractivity contribution is -0.128. The molecular formula is C14H21N3O3. The van der Waals surface area contributed by atoms with Crippen molar-refractivity contribution in [2.45, 2.75) is 46.1 Å². The maximum atomic E-state index is 12.3. The summed E-state index contributed by atoms with van der Waals surface area (Å²) in [5.74, 6) is 0.877. The number of aryl methyl sites for hydroxylation is 1. The van der Waals surface area contributed by atoms with Crippen molar-refractivity contribution in [1.29, 1.82) is 0 Å². The van der Waals surface area contributed by atoms with Crippen molar-refractivity contribution < 1.29 is 14.1 Å². The van der Waals surface area contributed by atoms with Crippen LogP contribution in [0, 0.1) is 18.8 Å². The zero-order valence-corrected chi connectivity index (χ0v) is 12.1. The first kappa shape index (κ1) is 14.6. The Kier molecular flexibility index (Phi) is 4.42. The summed E-state index contributed by atoms with van der Waals surface area (Å²) in [6.45, 7) is 5.70. The van der Waals surface area contributed by atoms with Crippen LogP contribution in [0.25, 0.3) is 0 Å². The predicted octanol–water partition coefficient (Wildman–Crippen LogP) is 1.86. The van der Waals surface area contributed by atoms with Crippen LogP contribution in [0.1, 0.15) is 38.9 Å². The average Bonchev–Trinajstić information content (AvgIpc) is 3.19. The normalized spacial score (nSPS) is 17.4. The van der Waals surface area contributed by atoms with E-state index in [1.807, 2.05) is 13.8 Å². The van der Waals surface area contributed by atoms with Gasteiger partial charge in [-0.25, -0.2) is 0 Å². The molecule has 2 atom stereocenters. The molecule has 2 N–H and O–H groups in total. The third-order valence-corrected chi connectivity index (χ3v) is 3.62. The summed E-state index contributed by atoms with van der Waals surface area (Å²) >= 11 is 0. The highest BCUT2D eigenvalue weighted by Gasteiger charge is 2.34. The molecule has 20 heavy (non-hydrogen) atoms. The van der Waals surface area contributed by atoms with Gasteiger partial charge in [0.1, 0.15) is 11.8 Å². The van der Waals surface area contributed by atoms with E-state index in [4.69, 9.17) is 4.52 Å². The Morgan fingerprint density at radius 3 is 2.70 bits per heavy atom. The minimum absolute atomic E-state index is 0.0261. The first-order chi connectivity index (χ1) is 9.51. The van der Waals surface area contributed by atoms with Crippen LogP contribution in [0.15, 0.2) is 10.6 Å². The Morgan fingerprint density at radius 2 is 2.20 bits per heavy atom. The van der Waals surface area contributed by atoms with Gasteiger partial charge in [0.2, 0.25) is 11.8 Å². The highest BCUT2D eigenvalue weighted by atomic mass is 16.5. The molecular weight excluding hydrogens is 258 g/mol. The fraction of sp³-hybridized carbons (Fsp3) is 0.643. The second-order valence-electron chi connectivity index (χ2n) is 5.46.